The largest absolute Gasteiger partial charge is 0.508 e. The van der Waals surface area contributed by atoms with Gasteiger partial charge in [0.05, 0.1) is 12.6 Å². The Balaban J connectivity index is 2.20. The average Bonchev–Trinajstić information content (AvgIpc) is 2.86. The highest BCUT2D eigenvalue weighted by atomic mass is 16.5. The molecule has 1 aromatic heterocycles. The highest BCUT2D eigenvalue weighted by Gasteiger charge is 2.10. The summed E-state index contributed by atoms with van der Waals surface area (Å²) in [5.41, 5.74) is 9.02. The van der Waals surface area contributed by atoms with E-state index in [1.165, 1.54) is 5.56 Å². The smallest absolute Gasteiger partial charge is 0.119 e. The average molecular weight is 282 g/mol. The summed E-state index contributed by atoms with van der Waals surface area (Å²) in [5, 5.41) is 10.6. The van der Waals surface area contributed by atoms with Crippen molar-refractivity contribution in [2.24, 2.45) is 5.73 Å². The molecule has 0 aliphatic carbocycles. The van der Waals surface area contributed by atoms with Gasteiger partial charge in [0, 0.05) is 17.3 Å². The van der Waals surface area contributed by atoms with Crippen molar-refractivity contribution in [3.8, 4) is 17.2 Å². The van der Waals surface area contributed by atoms with Crippen LogP contribution in [0.15, 0.2) is 48.7 Å². The van der Waals surface area contributed by atoms with Gasteiger partial charge in [0.25, 0.3) is 0 Å². The SMILES string of the molecule is COc1ccc2c(c1)c(CCN)cn2-c1ccc(O)cc1. The third-order valence-electron chi connectivity index (χ3n) is 3.64. The Morgan fingerprint density at radius 3 is 2.57 bits per heavy atom. The molecule has 0 saturated heterocycles. The molecule has 3 rings (SSSR count). The number of aromatic hydroxyl groups is 1. The second-order valence-corrected chi connectivity index (χ2v) is 4.96. The summed E-state index contributed by atoms with van der Waals surface area (Å²) >= 11 is 0. The minimum absolute atomic E-state index is 0.263. The molecule has 0 radical (unpaired) electrons. The summed E-state index contributed by atoms with van der Waals surface area (Å²) < 4.78 is 7.42. The topological polar surface area (TPSA) is 60.4 Å². The lowest BCUT2D eigenvalue weighted by molar-refractivity contribution is 0.415. The zero-order chi connectivity index (χ0) is 14.8. The first-order valence-corrected chi connectivity index (χ1v) is 6.90. The van der Waals surface area contributed by atoms with Gasteiger partial charge in [0.1, 0.15) is 11.5 Å². The van der Waals surface area contributed by atoms with Crippen LogP contribution in [0.1, 0.15) is 5.56 Å². The van der Waals surface area contributed by atoms with E-state index in [-0.39, 0.29) is 5.75 Å². The highest BCUT2D eigenvalue weighted by Crippen LogP contribution is 2.29. The van der Waals surface area contributed by atoms with Crippen LogP contribution in [-0.2, 0) is 6.42 Å². The molecule has 0 aliphatic rings. The maximum Gasteiger partial charge on any atom is 0.119 e. The predicted molar refractivity (Wildman–Crippen MR) is 84.3 cm³/mol. The lowest BCUT2D eigenvalue weighted by Crippen LogP contribution is -2.02. The van der Waals surface area contributed by atoms with E-state index in [2.05, 4.69) is 10.8 Å². The van der Waals surface area contributed by atoms with E-state index >= 15 is 0 Å². The van der Waals surface area contributed by atoms with Crippen LogP contribution in [0, 0.1) is 0 Å². The molecule has 2 aromatic carbocycles. The van der Waals surface area contributed by atoms with Crippen LogP contribution in [0.4, 0.5) is 0 Å². The fourth-order valence-electron chi connectivity index (χ4n) is 2.59. The lowest BCUT2D eigenvalue weighted by atomic mass is 10.1. The van der Waals surface area contributed by atoms with Crippen LogP contribution in [0.3, 0.4) is 0 Å². The van der Waals surface area contributed by atoms with Gasteiger partial charge < -0.3 is 20.1 Å². The number of rotatable bonds is 4. The number of ether oxygens (including phenoxy) is 1. The van der Waals surface area contributed by atoms with Crippen molar-refractivity contribution in [2.45, 2.75) is 6.42 Å². The summed E-state index contributed by atoms with van der Waals surface area (Å²) in [5.74, 6) is 1.10. The Morgan fingerprint density at radius 2 is 1.90 bits per heavy atom. The summed E-state index contributed by atoms with van der Waals surface area (Å²) in [6, 6.07) is 13.2. The standard InChI is InChI=1S/C17H18N2O2/c1-21-15-6-7-17-16(10-15)12(8-9-18)11-19(17)13-2-4-14(20)5-3-13/h2-7,10-11,20H,8-9,18H2,1H3. The number of methoxy groups -OCH3 is 1. The zero-order valence-electron chi connectivity index (χ0n) is 11.9. The Hall–Kier alpha value is -2.46. The number of phenols is 1. The molecule has 21 heavy (non-hydrogen) atoms. The van der Waals surface area contributed by atoms with Gasteiger partial charge in [-0.2, -0.15) is 0 Å². The minimum Gasteiger partial charge on any atom is -0.508 e. The van der Waals surface area contributed by atoms with Crippen LogP contribution in [0.5, 0.6) is 11.5 Å². The molecule has 0 fully saturated rings. The molecule has 1 heterocycles. The Kier molecular flexibility index (Phi) is 3.54. The van der Waals surface area contributed by atoms with E-state index in [0.29, 0.717) is 6.54 Å². The van der Waals surface area contributed by atoms with Gasteiger partial charge >= 0.3 is 0 Å². The second kappa shape index (κ2) is 5.50. The van der Waals surface area contributed by atoms with Crippen molar-refractivity contribution in [2.75, 3.05) is 13.7 Å². The molecule has 4 nitrogen and oxygen atoms in total. The normalized spacial score (nSPS) is 11.0. The van der Waals surface area contributed by atoms with Crippen molar-refractivity contribution in [1.82, 2.24) is 4.57 Å². The number of phenolic OH excluding ortho intramolecular Hbond substituents is 1. The molecular weight excluding hydrogens is 264 g/mol. The number of aromatic nitrogens is 1. The monoisotopic (exact) mass is 282 g/mol. The molecule has 0 atom stereocenters. The van der Waals surface area contributed by atoms with E-state index in [9.17, 15) is 5.11 Å². The van der Waals surface area contributed by atoms with E-state index in [1.54, 1.807) is 19.2 Å². The zero-order valence-corrected chi connectivity index (χ0v) is 11.9. The van der Waals surface area contributed by atoms with Gasteiger partial charge in [0.2, 0.25) is 0 Å². The number of hydrogen-bond donors (Lipinski definition) is 2. The molecule has 3 N–H and O–H groups in total. The van der Waals surface area contributed by atoms with Crippen molar-refractivity contribution < 1.29 is 9.84 Å². The third kappa shape index (κ3) is 2.45. The number of fused-ring (bicyclic) bond motifs is 1. The quantitative estimate of drug-likeness (QED) is 0.773. The fraction of sp³-hybridized carbons (Fsp3) is 0.176. The number of nitrogens with zero attached hydrogens (tertiary/aromatic N) is 1. The van der Waals surface area contributed by atoms with Crippen LogP contribution >= 0.6 is 0 Å². The second-order valence-electron chi connectivity index (χ2n) is 4.96. The van der Waals surface area contributed by atoms with Crippen molar-refractivity contribution in [3.63, 3.8) is 0 Å². The molecule has 0 unspecified atom stereocenters. The Morgan fingerprint density at radius 1 is 1.14 bits per heavy atom. The predicted octanol–water partition coefficient (Wildman–Crippen LogP) is 2.85. The molecular formula is C17H18N2O2. The third-order valence-corrected chi connectivity index (χ3v) is 3.64. The first-order valence-electron chi connectivity index (χ1n) is 6.90. The van der Waals surface area contributed by atoms with Crippen molar-refractivity contribution in [3.05, 3.63) is 54.2 Å². The molecule has 3 aromatic rings. The van der Waals surface area contributed by atoms with Crippen LogP contribution in [0.25, 0.3) is 16.6 Å². The Bertz CT molecular complexity index is 760. The van der Waals surface area contributed by atoms with E-state index in [1.807, 2.05) is 30.3 Å². The molecule has 0 bridgehead atoms. The summed E-state index contributed by atoms with van der Waals surface area (Å²) in [6.07, 6.45) is 2.91. The minimum atomic E-state index is 0.263. The van der Waals surface area contributed by atoms with Gasteiger partial charge in [-0.05, 0) is 61.0 Å². The number of hydrogen-bond acceptors (Lipinski definition) is 3. The first kappa shape index (κ1) is 13.5. The number of benzene rings is 2. The maximum atomic E-state index is 9.43. The number of nitrogens with two attached hydrogens (primary N) is 1. The van der Waals surface area contributed by atoms with Gasteiger partial charge in [-0.3, -0.25) is 0 Å². The summed E-state index contributed by atoms with van der Waals surface area (Å²) in [4.78, 5) is 0. The first-order chi connectivity index (χ1) is 10.2. The molecule has 0 amide bonds. The molecule has 4 heteroatoms. The molecule has 0 saturated carbocycles. The van der Waals surface area contributed by atoms with Gasteiger partial charge in [-0.1, -0.05) is 0 Å². The van der Waals surface area contributed by atoms with Crippen molar-refractivity contribution in [1.29, 1.82) is 0 Å². The molecule has 0 aliphatic heterocycles. The van der Waals surface area contributed by atoms with Gasteiger partial charge in [0.15, 0.2) is 0 Å². The lowest BCUT2D eigenvalue weighted by Gasteiger charge is -2.06. The van der Waals surface area contributed by atoms with E-state index in [4.69, 9.17) is 10.5 Å². The van der Waals surface area contributed by atoms with Crippen LogP contribution < -0.4 is 10.5 Å². The molecule has 0 spiro atoms. The van der Waals surface area contributed by atoms with Gasteiger partial charge in [-0.25, -0.2) is 0 Å². The highest BCUT2D eigenvalue weighted by molar-refractivity contribution is 5.87. The van der Waals surface area contributed by atoms with E-state index in [0.717, 1.165) is 28.8 Å². The van der Waals surface area contributed by atoms with Crippen LogP contribution in [0.2, 0.25) is 0 Å². The van der Waals surface area contributed by atoms with Crippen LogP contribution in [-0.4, -0.2) is 23.3 Å². The van der Waals surface area contributed by atoms with Crippen molar-refractivity contribution >= 4 is 10.9 Å². The summed E-state index contributed by atoms with van der Waals surface area (Å²) in [7, 11) is 1.67. The van der Waals surface area contributed by atoms with Gasteiger partial charge in [-0.15, -0.1) is 0 Å². The van der Waals surface area contributed by atoms with E-state index < -0.39 is 0 Å². The Labute approximate surface area is 123 Å². The maximum absolute atomic E-state index is 9.43. The summed E-state index contributed by atoms with van der Waals surface area (Å²) in [6.45, 7) is 0.603. The molecule has 108 valence electrons. The fourth-order valence-corrected chi connectivity index (χ4v) is 2.59.